The Labute approximate surface area is 67.1 Å². The van der Waals surface area contributed by atoms with Gasteiger partial charge in [-0.25, -0.2) is 0 Å². The minimum Gasteiger partial charge on any atom is -2.00 e. The van der Waals surface area contributed by atoms with Crippen LogP contribution in [0.25, 0.3) is 0 Å². The van der Waals surface area contributed by atoms with Crippen molar-refractivity contribution in [3.05, 3.63) is 0 Å². The molecule has 0 bridgehead atoms. The standard InChI is InChI=1S/CH2O3.Al.Mg.O/c2-1(3)4;;;/h(H2,2,3,4);;;/q;+3;+2;-2/p-2. The van der Waals surface area contributed by atoms with Crippen LogP contribution < -0.4 is 10.2 Å². The molecule has 0 N–H and O–H groups in total. The molecule has 0 spiro atoms. The molecule has 6 heteroatoms. The predicted molar refractivity (Wildman–Crippen MR) is 17.6 cm³/mol. The molecule has 7 heavy (non-hydrogen) atoms. The summed E-state index contributed by atoms with van der Waals surface area (Å²) >= 11 is 0. The summed E-state index contributed by atoms with van der Waals surface area (Å²) in [6.07, 6.45) is -2.33. The van der Waals surface area contributed by atoms with Gasteiger partial charge >= 0.3 is 40.4 Å². The Kier molecular flexibility index (Phi) is 59.0. The van der Waals surface area contributed by atoms with Crippen molar-refractivity contribution in [2.45, 2.75) is 0 Å². The van der Waals surface area contributed by atoms with E-state index in [0.29, 0.717) is 0 Å². The smallest absolute Gasteiger partial charge is 2.00 e. The second-order valence-corrected chi connectivity index (χ2v) is 0.250. The van der Waals surface area contributed by atoms with Crippen LogP contribution in [-0.4, -0.2) is 46.6 Å². The summed E-state index contributed by atoms with van der Waals surface area (Å²) in [6.45, 7) is 0. The van der Waals surface area contributed by atoms with Crippen LogP contribution in [0.3, 0.4) is 0 Å². The van der Waals surface area contributed by atoms with Crippen LogP contribution in [0.4, 0.5) is 4.79 Å². The van der Waals surface area contributed by atoms with Crippen LogP contribution in [0.15, 0.2) is 0 Å². The molecule has 4 nitrogen and oxygen atoms in total. The second kappa shape index (κ2) is 16.0. The van der Waals surface area contributed by atoms with Gasteiger partial charge in [-0.05, 0) is 6.16 Å². The van der Waals surface area contributed by atoms with Crippen molar-refractivity contribution in [2.24, 2.45) is 0 Å². The van der Waals surface area contributed by atoms with Gasteiger partial charge in [0.05, 0.1) is 0 Å². The first kappa shape index (κ1) is 25.8. The molecule has 0 aromatic heterocycles. The van der Waals surface area contributed by atoms with Crippen molar-refractivity contribution in [1.82, 2.24) is 0 Å². The predicted octanol–water partition coefficient (Wildman–Crippen LogP) is -3.33. The van der Waals surface area contributed by atoms with E-state index in [4.69, 9.17) is 15.0 Å². The number of hydrogen-bond acceptors (Lipinski definition) is 3. The maximum Gasteiger partial charge on any atom is 3.00 e. The molecule has 0 unspecified atom stereocenters. The molecule has 0 atom stereocenters. The Morgan fingerprint density at radius 3 is 1.29 bits per heavy atom. The summed E-state index contributed by atoms with van der Waals surface area (Å²) in [6, 6.07) is 0. The first-order valence-corrected chi connectivity index (χ1v) is 0.612. The molecular formula is CAlMgO4+. The van der Waals surface area contributed by atoms with Crippen LogP contribution in [0, 0.1) is 0 Å². The number of carbonyl (C=O) groups excluding carboxylic acids is 1. The van der Waals surface area contributed by atoms with Crippen molar-refractivity contribution in [3.63, 3.8) is 0 Å². The Balaban J connectivity index is -0.0000000150. The summed E-state index contributed by atoms with van der Waals surface area (Å²) in [5.74, 6) is 0. The molecule has 0 amide bonds. The van der Waals surface area contributed by atoms with Gasteiger partial charge in [-0.3, -0.25) is 0 Å². The molecule has 0 aliphatic rings. The topological polar surface area (TPSA) is 91.7 Å². The van der Waals surface area contributed by atoms with Crippen LogP contribution >= 0.6 is 0 Å². The molecule has 0 saturated carbocycles. The Morgan fingerprint density at radius 1 is 1.29 bits per heavy atom. The average molecular weight is 127 g/mol. The van der Waals surface area contributed by atoms with E-state index in [-0.39, 0.29) is 45.9 Å². The van der Waals surface area contributed by atoms with Crippen LogP contribution in [0.2, 0.25) is 0 Å². The summed E-state index contributed by atoms with van der Waals surface area (Å²) in [4.78, 5) is 8.33. The van der Waals surface area contributed by atoms with Crippen LogP contribution in [0.1, 0.15) is 0 Å². The molecule has 0 fully saturated rings. The monoisotopic (exact) mass is 127 g/mol. The third-order valence-electron chi connectivity index (χ3n) is 0. The maximum absolute atomic E-state index is 8.33. The van der Waals surface area contributed by atoms with E-state index >= 15 is 0 Å². The zero-order valence-corrected chi connectivity index (χ0v) is 5.99. The SMILES string of the molecule is O=C([O-])[O-].[Al+3].[Mg+2].[O-2]. The average Bonchev–Trinajstić information content (AvgIpc) is 0.811. The van der Waals surface area contributed by atoms with Gasteiger partial charge in [0.2, 0.25) is 0 Å². The number of carboxylic acid groups (broad SMARTS) is 2. The fraction of sp³-hybridized carbons (Fsp3) is 0. The van der Waals surface area contributed by atoms with E-state index < -0.39 is 6.16 Å². The van der Waals surface area contributed by atoms with Crippen molar-refractivity contribution < 1.29 is 20.5 Å². The van der Waals surface area contributed by atoms with E-state index in [1.165, 1.54) is 0 Å². The van der Waals surface area contributed by atoms with Crippen molar-refractivity contribution in [2.75, 3.05) is 0 Å². The molecule has 0 aliphatic carbocycles. The van der Waals surface area contributed by atoms with Gasteiger partial charge in [-0.1, -0.05) is 0 Å². The van der Waals surface area contributed by atoms with Gasteiger partial charge in [-0.2, -0.15) is 0 Å². The summed E-state index contributed by atoms with van der Waals surface area (Å²) in [5, 5.41) is 16.7. The first-order valence-electron chi connectivity index (χ1n) is 0.612. The summed E-state index contributed by atoms with van der Waals surface area (Å²) in [5.41, 5.74) is 0. The van der Waals surface area contributed by atoms with Crippen LogP contribution in [-0.2, 0) is 5.48 Å². The molecule has 0 aromatic carbocycles. The third kappa shape index (κ3) is 479. The normalized spacial score (nSPS) is 3.43. The van der Waals surface area contributed by atoms with Crippen LogP contribution in [0.5, 0.6) is 0 Å². The molecular weight excluding hydrogens is 127 g/mol. The van der Waals surface area contributed by atoms with E-state index in [2.05, 4.69) is 0 Å². The Bertz CT molecular complexity index is 34.7. The molecule has 0 aliphatic heterocycles. The molecule has 0 rings (SSSR count). The number of rotatable bonds is 0. The minimum atomic E-state index is -2.33. The van der Waals surface area contributed by atoms with Gasteiger partial charge in [0, 0.05) is 0 Å². The second-order valence-electron chi connectivity index (χ2n) is 0.250. The van der Waals surface area contributed by atoms with Crippen molar-refractivity contribution in [3.8, 4) is 0 Å². The Morgan fingerprint density at radius 2 is 1.29 bits per heavy atom. The number of hydrogen-bond donors (Lipinski definition) is 0. The van der Waals surface area contributed by atoms with E-state index in [0.717, 1.165) is 0 Å². The maximum atomic E-state index is 8.33. The zero-order chi connectivity index (χ0) is 3.58. The largest absolute Gasteiger partial charge is 3.00 e. The molecule has 32 valence electrons. The van der Waals surface area contributed by atoms with Gasteiger partial charge in [-0.15, -0.1) is 0 Å². The molecule has 0 radical (unpaired) electrons. The zero-order valence-electron chi connectivity index (χ0n) is 3.42. The molecule has 0 saturated heterocycles. The fourth-order valence-corrected chi connectivity index (χ4v) is 0. The summed E-state index contributed by atoms with van der Waals surface area (Å²) in [7, 11) is 0. The third-order valence-corrected chi connectivity index (χ3v) is 0. The van der Waals surface area contributed by atoms with E-state index in [1.54, 1.807) is 0 Å². The van der Waals surface area contributed by atoms with Gasteiger partial charge in [0.1, 0.15) is 0 Å². The fourth-order valence-electron chi connectivity index (χ4n) is 0. The van der Waals surface area contributed by atoms with Gasteiger partial charge in [0.15, 0.2) is 0 Å². The quantitative estimate of drug-likeness (QED) is 0.319. The van der Waals surface area contributed by atoms with E-state index in [1.807, 2.05) is 0 Å². The minimum absolute atomic E-state index is 0. The molecule has 0 aromatic rings. The van der Waals surface area contributed by atoms with Gasteiger partial charge < -0.3 is 20.5 Å². The Hall–Kier alpha value is 0.529. The van der Waals surface area contributed by atoms with Crippen molar-refractivity contribution in [1.29, 1.82) is 0 Å². The first-order chi connectivity index (χ1) is 1.73. The molecule has 0 heterocycles. The van der Waals surface area contributed by atoms with E-state index in [9.17, 15) is 0 Å². The van der Waals surface area contributed by atoms with Crippen molar-refractivity contribution >= 4 is 46.6 Å². The summed E-state index contributed by atoms with van der Waals surface area (Å²) < 4.78 is 0. The number of carbonyl (C=O) groups is 1. The van der Waals surface area contributed by atoms with Gasteiger partial charge in [0.25, 0.3) is 0 Å².